The molecule has 1 aliphatic rings. The van der Waals surface area contributed by atoms with Crippen LogP contribution in [0.1, 0.15) is 24.0 Å². The highest BCUT2D eigenvalue weighted by molar-refractivity contribution is 5.77. The van der Waals surface area contributed by atoms with Crippen molar-refractivity contribution in [3.05, 3.63) is 29.3 Å². The number of aryl methyl sites for hydroxylation is 1. The summed E-state index contributed by atoms with van der Waals surface area (Å²) in [4.78, 5) is 11.0. The smallest absolute Gasteiger partial charge is 0.220 e. The first-order valence-electron chi connectivity index (χ1n) is 5.73. The van der Waals surface area contributed by atoms with Gasteiger partial charge in [0.05, 0.1) is 11.6 Å². The van der Waals surface area contributed by atoms with Crippen molar-refractivity contribution in [3.63, 3.8) is 0 Å². The molecule has 4 heteroatoms. The van der Waals surface area contributed by atoms with Gasteiger partial charge >= 0.3 is 0 Å². The molecule has 2 N–H and O–H groups in total. The van der Waals surface area contributed by atoms with Crippen LogP contribution in [-0.4, -0.2) is 18.5 Å². The normalized spacial score (nSPS) is 19.3. The van der Waals surface area contributed by atoms with E-state index in [9.17, 15) is 4.79 Å². The molecule has 1 saturated heterocycles. The number of hydrogen-bond acceptors (Lipinski definition) is 3. The third-order valence-corrected chi connectivity index (χ3v) is 2.98. The third kappa shape index (κ3) is 2.76. The van der Waals surface area contributed by atoms with Crippen molar-refractivity contribution in [1.82, 2.24) is 5.32 Å². The van der Waals surface area contributed by atoms with Crippen LogP contribution in [0.5, 0.6) is 0 Å². The molecule has 0 spiro atoms. The summed E-state index contributed by atoms with van der Waals surface area (Å²) >= 11 is 0. The predicted octanol–water partition coefficient (Wildman–Crippen LogP) is 1.56. The van der Waals surface area contributed by atoms with Crippen LogP contribution < -0.4 is 10.6 Å². The Balaban J connectivity index is 2.02. The average Bonchev–Trinajstić information content (AvgIpc) is 2.32. The maximum atomic E-state index is 11.0. The molecule has 0 bridgehead atoms. The predicted molar refractivity (Wildman–Crippen MR) is 65.5 cm³/mol. The molecule has 17 heavy (non-hydrogen) atoms. The van der Waals surface area contributed by atoms with Crippen molar-refractivity contribution >= 4 is 11.6 Å². The van der Waals surface area contributed by atoms with Gasteiger partial charge in [-0.15, -0.1) is 0 Å². The van der Waals surface area contributed by atoms with Crippen LogP contribution in [-0.2, 0) is 4.79 Å². The molecule has 1 atom stereocenters. The zero-order valence-electron chi connectivity index (χ0n) is 9.79. The van der Waals surface area contributed by atoms with Crippen LogP contribution in [0.15, 0.2) is 18.2 Å². The molecule has 1 heterocycles. The zero-order chi connectivity index (χ0) is 12.3. The summed E-state index contributed by atoms with van der Waals surface area (Å²) in [5.74, 6) is 0.124. The molecular formula is C13H15N3O. The van der Waals surface area contributed by atoms with Gasteiger partial charge in [0.2, 0.25) is 5.91 Å². The number of anilines is 1. The lowest BCUT2D eigenvalue weighted by atomic mass is 10.1. The second-order valence-electron chi connectivity index (χ2n) is 4.33. The van der Waals surface area contributed by atoms with Crippen LogP contribution in [0.2, 0.25) is 0 Å². The molecule has 1 amide bonds. The number of piperidine rings is 1. The standard InChI is InChI=1S/C13H15N3O/c1-9-6-11(3-2-10(9)7-14)16-12-4-5-13(17)15-8-12/h2-3,6,12,16H,4-5,8H2,1H3,(H,15,17). The van der Waals surface area contributed by atoms with Crippen LogP contribution in [0.3, 0.4) is 0 Å². The molecule has 0 aliphatic carbocycles. The molecule has 0 saturated carbocycles. The number of nitrogens with zero attached hydrogens (tertiary/aromatic N) is 1. The summed E-state index contributed by atoms with van der Waals surface area (Å²) in [5, 5.41) is 15.0. The Bertz CT molecular complexity index is 466. The number of rotatable bonds is 2. The molecule has 0 radical (unpaired) electrons. The van der Waals surface area contributed by atoms with Crippen LogP contribution >= 0.6 is 0 Å². The van der Waals surface area contributed by atoms with E-state index >= 15 is 0 Å². The van der Waals surface area contributed by atoms with Crippen molar-refractivity contribution < 1.29 is 4.79 Å². The maximum Gasteiger partial charge on any atom is 0.220 e. The first-order valence-corrected chi connectivity index (χ1v) is 5.73. The molecule has 1 aromatic rings. The lowest BCUT2D eigenvalue weighted by Crippen LogP contribution is -2.41. The molecule has 88 valence electrons. The lowest BCUT2D eigenvalue weighted by Gasteiger charge is -2.24. The highest BCUT2D eigenvalue weighted by Gasteiger charge is 2.17. The van der Waals surface area contributed by atoms with E-state index in [0.29, 0.717) is 18.5 Å². The van der Waals surface area contributed by atoms with Gasteiger partial charge < -0.3 is 10.6 Å². The Hall–Kier alpha value is -2.02. The van der Waals surface area contributed by atoms with Gasteiger partial charge in [0.15, 0.2) is 0 Å². The van der Waals surface area contributed by atoms with E-state index in [4.69, 9.17) is 5.26 Å². The van der Waals surface area contributed by atoms with Crippen LogP contribution in [0, 0.1) is 18.3 Å². The van der Waals surface area contributed by atoms with E-state index in [1.54, 1.807) is 0 Å². The van der Waals surface area contributed by atoms with Gasteiger partial charge in [0.25, 0.3) is 0 Å². The fourth-order valence-electron chi connectivity index (χ4n) is 1.97. The zero-order valence-corrected chi connectivity index (χ0v) is 9.79. The SMILES string of the molecule is Cc1cc(NC2CCC(=O)NC2)ccc1C#N. The van der Waals surface area contributed by atoms with E-state index in [-0.39, 0.29) is 11.9 Å². The summed E-state index contributed by atoms with van der Waals surface area (Å²) < 4.78 is 0. The van der Waals surface area contributed by atoms with Crippen molar-refractivity contribution in [2.24, 2.45) is 0 Å². The third-order valence-electron chi connectivity index (χ3n) is 2.98. The first-order chi connectivity index (χ1) is 8.19. The molecule has 1 unspecified atom stereocenters. The molecule has 4 nitrogen and oxygen atoms in total. The van der Waals surface area contributed by atoms with Crippen LogP contribution in [0.25, 0.3) is 0 Å². The fourth-order valence-corrected chi connectivity index (χ4v) is 1.97. The van der Waals surface area contributed by atoms with E-state index < -0.39 is 0 Å². The Morgan fingerprint density at radius 1 is 1.53 bits per heavy atom. The van der Waals surface area contributed by atoms with E-state index in [1.165, 1.54) is 0 Å². The minimum absolute atomic E-state index is 0.124. The van der Waals surface area contributed by atoms with Crippen molar-refractivity contribution in [1.29, 1.82) is 5.26 Å². The van der Waals surface area contributed by atoms with Gasteiger partial charge in [-0.2, -0.15) is 5.26 Å². The van der Waals surface area contributed by atoms with E-state index in [1.807, 2.05) is 25.1 Å². The Labute approximate surface area is 101 Å². The molecule has 2 rings (SSSR count). The summed E-state index contributed by atoms with van der Waals surface area (Å²) in [5.41, 5.74) is 2.67. The Morgan fingerprint density at radius 2 is 2.35 bits per heavy atom. The summed E-state index contributed by atoms with van der Waals surface area (Å²) in [6.45, 7) is 2.59. The van der Waals surface area contributed by atoms with Crippen molar-refractivity contribution in [2.75, 3.05) is 11.9 Å². The van der Waals surface area contributed by atoms with Gasteiger partial charge in [0, 0.05) is 24.7 Å². The van der Waals surface area contributed by atoms with Crippen molar-refractivity contribution in [3.8, 4) is 6.07 Å². The number of nitriles is 1. The summed E-state index contributed by atoms with van der Waals surface area (Å²) in [7, 11) is 0. The van der Waals surface area contributed by atoms with Gasteiger partial charge in [-0.25, -0.2) is 0 Å². The van der Waals surface area contributed by atoms with Gasteiger partial charge in [0.1, 0.15) is 0 Å². The van der Waals surface area contributed by atoms with Crippen molar-refractivity contribution in [2.45, 2.75) is 25.8 Å². The second-order valence-corrected chi connectivity index (χ2v) is 4.33. The Kier molecular flexibility index (Phi) is 3.29. The van der Waals surface area contributed by atoms with E-state index in [2.05, 4.69) is 16.7 Å². The number of carbonyl (C=O) groups is 1. The molecule has 1 aliphatic heterocycles. The van der Waals surface area contributed by atoms with Gasteiger partial charge in [-0.05, 0) is 37.1 Å². The minimum atomic E-state index is 0.124. The van der Waals surface area contributed by atoms with Gasteiger partial charge in [-0.3, -0.25) is 4.79 Å². The highest BCUT2D eigenvalue weighted by Crippen LogP contribution is 2.17. The average molecular weight is 229 g/mol. The van der Waals surface area contributed by atoms with Gasteiger partial charge in [-0.1, -0.05) is 0 Å². The lowest BCUT2D eigenvalue weighted by molar-refractivity contribution is -0.122. The highest BCUT2D eigenvalue weighted by atomic mass is 16.1. The number of hydrogen-bond donors (Lipinski definition) is 2. The van der Waals surface area contributed by atoms with E-state index in [0.717, 1.165) is 17.7 Å². The number of carbonyl (C=O) groups excluding carboxylic acids is 1. The maximum absolute atomic E-state index is 11.0. The fraction of sp³-hybridized carbons (Fsp3) is 0.385. The molecule has 1 fully saturated rings. The number of amides is 1. The van der Waals surface area contributed by atoms with Crippen LogP contribution in [0.4, 0.5) is 5.69 Å². The number of nitrogens with one attached hydrogen (secondary N) is 2. The molecule has 1 aromatic carbocycles. The number of benzene rings is 1. The second kappa shape index (κ2) is 4.88. The largest absolute Gasteiger partial charge is 0.381 e. The summed E-state index contributed by atoms with van der Waals surface area (Å²) in [6, 6.07) is 8.12. The topological polar surface area (TPSA) is 64.9 Å². The monoisotopic (exact) mass is 229 g/mol. The first kappa shape index (κ1) is 11.5. The minimum Gasteiger partial charge on any atom is -0.381 e. The molecule has 0 aromatic heterocycles. The molecular weight excluding hydrogens is 214 g/mol. The quantitative estimate of drug-likeness (QED) is 0.808. The summed E-state index contributed by atoms with van der Waals surface area (Å²) in [6.07, 6.45) is 1.43. The Morgan fingerprint density at radius 3 is 2.94 bits per heavy atom.